The molecule has 1 aromatic carbocycles. The molecule has 1 aromatic rings. The maximum Gasteiger partial charge on any atom is 0.220 e. The normalized spacial score (nSPS) is 12.2. The van der Waals surface area contributed by atoms with Gasteiger partial charge < -0.3 is 11.1 Å². The molecule has 3 N–H and O–H groups in total. The van der Waals surface area contributed by atoms with E-state index in [0.29, 0.717) is 24.9 Å². The lowest BCUT2D eigenvalue weighted by Gasteiger charge is -2.08. The van der Waals surface area contributed by atoms with E-state index < -0.39 is 0 Å². The molecule has 0 aliphatic carbocycles. The van der Waals surface area contributed by atoms with Gasteiger partial charge >= 0.3 is 0 Å². The van der Waals surface area contributed by atoms with Gasteiger partial charge in [-0.05, 0) is 37.5 Å². The van der Waals surface area contributed by atoms with Crippen LogP contribution in [0.5, 0.6) is 0 Å². The van der Waals surface area contributed by atoms with E-state index in [-0.39, 0.29) is 17.8 Å². The van der Waals surface area contributed by atoms with Crippen LogP contribution in [0, 0.1) is 12.7 Å². The molecule has 94 valence electrons. The zero-order chi connectivity index (χ0) is 12.8. The monoisotopic (exact) mass is 238 g/mol. The van der Waals surface area contributed by atoms with Crippen LogP contribution in [-0.4, -0.2) is 18.5 Å². The van der Waals surface area contributed by atoms with E-state index in [4.69, 9.17) is 5.73 Å². The van der Waals surface area contributed by atoms with Crippen molar-refractivity contribution in [2.24, 2.45) is 5.73 Å². The lowest BCUT2D eigenvalue weighted by Crippen LogP contribution is -2.35. The van der Waals surface area contributed by atoms with Crippen LogP contribution < -0.4 is 11.1 Å². The number of carbonyl (C=O) groups excluding carboxylic acids is 1. The molecular formula is C13H19FN2O. The first-order chi connectivity index (χ1) is 7.99. The summed E-state index contributed by atoms with van der Waals surface area (Å²) >= 11 is 0. The Morgan fingerprint density at radius 3 is 2.82 bits per heavy atom. The van der Waals surface area contributed by atoms with E-state index in [1.165, 1.54) is 6.07 Å². The number of rotatable bonds is 5. The minimum atomic E-state index is -0.213. The molecule has 0 fully saturated rings. The molecule has 1 atom stereocenters. The number of hydrogen-bond donors (Lipinski definition) is 2. The molecule has 4 heteroatoms. The fourth-order valence-electron chi connectivity index (χ4n) is 1.48. The minimum Gasteiger partial charge on any atom is -0.355 e. The van der Waals surface area contributed by atoms with Gasteiger partial charge in [-0.1, -0.05) is 12.1 Å². The maximum absolute atomic E-state index is 13.0. The molecule has 1 unspecified atom stereocenters. The van der Waals surface area contributed by atoms with Crippen molar-refractivity contribution in [3.63, 3.8) is 0 Å². The first-order valence-corrected chi connectivity index (χ1v) is 5.76. The summed E-state index contributed by atoms with van der Waals surface area (Å²) in [5.74, 6) is -0.237. The van der Waals surface area contributed by atoms with Crippen molar-refractivity contribution in [2.75, 3.05) is 6.54 Å². The highest BCUT2D eigenvalue weighted by Gasteiger charge is 2.04. The van der Waals surface area contributed by atoms with Gasteiger partial charge in [-0.25, -0.2) is 4.39 Å². The molecule has 0 bridgehead atoms. The lowest BCUT2D eigenvalue weighted by atomic mass is 10.1. The van der Waals surface area contributed by atoms with Gasteiger partial charge in [-0.2, -0.15) is 0 Å². The van der Waals surface area contributed by atoms with Crippen molar-refractivity contribution in [3.8, 4) is 0 Å². The maximum atomic E-state index is 13.0. The van der Waals surface area contributed by atoms with E-state index in [9.17, 15) is 9.18 Å². The van der Waals surface area contributed by atoms with Crippen molar-refractivity contribution < 1.29 is 9.18 Å². The number of nitrogens with two attached hydrogens (primary N) is 1. The second-order valence-corrected chi connectivity index (χ2v) is 4.36. The summed E-state index contributed by atoms with van der Waals surface area (Å²) in [6.45, 7) is 4.04. The topological polar surface area (TPSA) is 55.1 Å². The van der Waals surface area contributed by atoms with Gasteiger partial charge in [0.15, 0.2) is 0 Å². The predicted octanol–water partition coefficient (Wildman–Crippen LogP) is 1.53. The largest absolute Gasteiger partial charge is 0.355 e. The number of benzene rings is 1. The Morgan fingerprint density at radius 1 is 1.53 bits per heavy atom. The van der Waals surface area contributed by atoms with Gasteiger partial charge in [-0.15, -0.1) is 0 Å². The number of carbonyl (C=O) groups is 1. The second-order valence-electron chi connectivity index (χ2n) is 4.36. The summed E-state index contributed by atoms with van der Waals surface area (Å²) < 4.78 is 13.0. The van der Waals surface area contributed by atoms with Crippen molar-refractivity contribution in [1.29, 1.82) is 0 Å². The third kappa shape index (κ3) is 4.95. The smallest absolute Gasteiger partial charge is 0.220 e. The fourth-order valence-corrected chi connectivity index (χ4v) is 1.48. The van der Waals surface area contributed by atoms with Gasteiger partial charge in [-0.3, -0.25) is 4.79 Å². The van der Waals surface area contributed by atoms with Crippen LogP contribution >= 0.6 is 0 Å². The molecule has 0 aliphatic heterocycles. The number of aryl methyl sites for hydroxylation is 2. The molecule has 0 heterocycles. The zero-order valence-corrected chi connectivity index (χ0v) is 10.3. The van der Waals surface area contributed by atoms with E-state index >= 15 is 0 Å². The zero-order valence-electron chi connectivity index (χ0n) is 10.3. The third-order valence-electron chi connectivity index (χ3n) is 2.48. The number of amides is 1. The van der Waals surface area contributed by atoms with E-state index in [0.717, 1.165) is 5.56 Å². The average molecular weight is 238 g/mol. The van der Waals surface area contributed by atoms with Crippen molar-refractivity contribution in [1.82, 2.24) is 5.32 Å². The Morgan fingerprint density at radius 2 is 2.24 bits per heavy atom. The van der Waals surface area contributed by atoms with Crippen LogP contribution in [0.25, 0.3) is 0 Å². The molecule has 0 spiro atoms. The molecule has 1 amide bonds. The molecule has 0 aliphatic rings. The Bertz CT molecular complexity index is 391. The van der Waals surface area contributed by atoms with Crippen LogP contribution in [0.1, 0.15) is 24.5 Å². The van der Waals surface area contributed by atoms with Gasteiger partial charge in [0.1, 0.15) is 5.82 Å². The molecule has 0 saturated carbocycles. The first-order valence-electron chi connectivity index (χ1n) is 5.76. The highest BCUT2D eigenvalue weighted by atomic mass is 19.1. The Hall–Kier alpha value is -1.42. The second kappa shape index (κ2) is 6.35. The molecule has 3 nitrogen and oxygen atoms in total. The lowest BCUT2D eigenvalue weighted by molar-refractivity contribution is -0.121. The van der Waals surface area contributed by atoms with Crippen molar-refractivity contribution >= 4 is 5.91 Å². The highest BCUT2D eigenvalue weighted by molar-refractivity contribution is 5.76. The van der Waals surface area contributed by atoms with Crippen LogP contribution in [0.15, 0.2) is 18.2 Å². The SMILES string of the molecule is Cc1cc(CCC(=O)NCC(C)N)ccc1F. The summed E-state index contributed by atoms with van der Waals surface area (Å²) in [6.07, 6.45) is 1.02. The molecular weight excluding hydrogens is 219 g/mol. The Balaban J connectivity index is 2.39. The number of hydrogen-bond acceptors (Lipinski definition) is 2. The van der Waals surface area contributed by atoms with E-state index in [2.05, 4.69) is 5.32 Å². The highest BCUT2D eigenvalue weighted by Crippen LogP contribution is 2.10. The van der Waals surface area contributed by atoms with Crippen molar-refractivity contribution in [3.05, 3.63) is 35.1 Å². The van der Waals surface area contributed by atoms with E-state index in [1.807, 2.05) is 6.92 Å². The molecule has 0 saturated heterocycles. The first kappa shape index (κ1) is 13.6. The summed E-state index contributed by atoms with van der Waals surface area (Å²) in [6, 6.07) is 4.88. The van der Waals surface area contributed by atoms with Crippen LogP contribution in [0.2, 0.25) is 0 Å². The van der Waals surface area contributed by atoms with Gasteiger partial charge in [0, 0.05) is 19.0 Å². The molecule has 17 heavy (non-hydrogen) atoms. The molecule has 0 aromatic heterocycles. The third-order valence-corrected chi connectivity index (χ3v) is 2.48. The summed E-state index contributed by atoms with van der Waals surface area (Å²) in [5, 5.41) is 2.74. The molecule has 1 rings (SSSR count). The summed E-state index contributed by atoms with van der Waals surface area (Å²) in [5.41, 5.74) is 7.11. The van der Waals surface area contributed by atoms with E-state index in [1.54, 1.807) is 19.1 Å². The van der Waals surface area contributed by atoms with Gasteiger partial charge in [0.25, 0.3) is 0 Å². The Kier molecular flexibility index (Phi) is 5.10. The van der Waals surface area contributed by atoms with Crippen LogP contribution in [0.3, 0.4) is 0 Å². The Labute approximate surface area is 101 Å². The molecule has 0 radical (unpaired) electrons. The van der Waals surface area contributed by atoms with Crippen molar-refractivity contribution in [2.45, 2.75) is 32.7 Å². The number of nitrogens with one attached hydrogen (secondary N) is 1. The average Bonchev–Trinajstić information content (AvgIpc) is 2.28. The number of halogens is 1. The summed E-state index contributed by atoms with van der Waals surface area (Å²) in [7, 11) is 0. The minimum absolute atomic E-state index is 0.0238. The van der Waals surface area contributed by atoms with Gasteiger partial charge in [0.05, 0.1) is 0 Å². The standard InChI is InChI=1S/C13H19FN2O/c1-9-7-11(3-5-12(9)14)4-6-13(17)16-8-10(2)15/h3,5,7,10H,4,6,8,15H2,1-2H3,(H,16,17). The fraction of sp³-hybridized carbons (Fsp3) is 0.462. The van der Waals surface area contributed by atoms with Crippen LogP contribution in [-0.2, 0) is 11.2 Å². The van der Waals surface area contributed by atoms with Crippen LogP contribution in [0.4, 0.5) is 4.39 Å². The van der Waals surface area contributed by atoms with Gasteiger partial charge in [0.2, 0.25) is 5.91 Å². The predicted molar refractivity (Wildman–Crippen MR) is 66.1 cm³/mol. The summed E-state index contributed by atoms with van der Waals surface area (Å²) in [4.78, 5) is 11.4. The quantitative estimate of drug-likeness (QED) is 0.817.